The summed E-state index contributed by atoms with van der Waals surface area (Å²) in [6.07, 6.45) is 2.40. The summed E-state index contributed by atoms with van der Waals surface area (Å²) >= 11 is 0. The van der Waals surface area contributed by atoms with Gasteiger partial charge in [0.05, 0.1) is 6.07 Å². The monoisotopic (exact) mass is 236 g/mol. The maximum Gasteiger partial charge on any atom is 0.243 e. The van der Waals surface area contributed by atoms with Gasteiger partial charge in [-0.3, -0.25) is 4.79 Å². The van der Waals surface area contributed by atoms with Gasteiger partial charge in [0.2, 0.25) is 5.91 Å². The molecule has 3 heteroatoms. The van der Waals surface area contributed by atoms with E-state index in [0.717, 1.165) is 13.1 Å². The average Bonchev–Trinajstić information content (AvgIpc) is 2.30. The maximum absolute atomic E-state index is 12.5. The topological polar surface area (TPSA) is 44.1 Å². The number of rotatable bonds is 3. The molecule has 1 aliphatic rings. The first-order valence-electron chi connectivity index (χ1n) is 6.69. The first-order valence-corrected chi connectivity index (χ1v) is 6.69. The highest BCUT2D eigenvalue weighted by molar-refractivity contribution is 5.85. The second kappa shape index (κ2) is 5.53. The summed E-state index contributed by atoms with van der Waals surface area (Å²) in [7, 11) is 0. The van der Waals surface area contributed by atoms with Gasteiger partial charge in [-0.25, -0.2) is 0 Å². The number of piperidine rings is 1. The first-order chi connectivity index (χ1) is 7.99. The molecule has 0 aromatic heterocycles. The zero-order valence-electron chi connectivity index (χ0n) is 11.5. The van der Waals surface area contributed by atoms with Crippen LogP contribution < -0.4 is 0 Å². The summed E-state index contributed by atoms with van der Waals surface area (Å²) < 4.78 is 0. The van der Waals surface area contributed by atoms with Crippen LogP contribution in [0.15, 0.2) is 0 Å². The second-order valence-electron chi connectivity index (χ2n) is 5.56. The summed E-state index contributed by atoms with van der Waals surface area (Å²) in [5.41, 5.74) is -0.795. The fraction of sp³-hybridized carbons (Fsp3) is 0.857. The third-order valence-corrected chi connectivity index (χ3v) is 3.99. The molecule has 2 atom stereocenters. The van der Waals surface area contributed by atoms with Crippen molar-refractivity contribution in [1.29, 1.82) is 5.26 Å². The van der Waals surface area contributed by atoms with E-state index in [4.69, 9.17) is 0 Å². The predicted octanol–water partition coefficient (Wildman–Crippen LogP) is 2.82. The fourth-order valence-corrected chi connectivity index (χ4v) is 2.89. The standard InChI is InChI=1S/C14H24N2O/c1-5-14(6-2,10-15)13(17)16-8-11(3)7-12(4)9-16/h11-12H,5-9H2,1-4H3. The number of nitrogens with zero attached hydrogens (tertiary/aromatic N) is 2. The molecule has 1 heterocycles. The Morgan fingerprint density at radius 2 is 1.76 bits per heavy atom. The van der Waals surface area contributed by atoms with Crippen LogP contribution in [-0.2, 0) is 4.79 Å². The van der Waals surface area contributed by atoms with E-state index in [2.05, 4.69) is 19.9 Å². The number of nitriles is 1. The van der Waals surface area contributed by atoms with Crippen molar-refractivity contribution in [3.63, 3.8) is 0 Å². The molecule has 0 aliphatic carbocycles. The third kappa shape index (κ3) is 2.80. The van der Waals surface area contributed by atoms with Crippen molar-refractivity contribution >= 4 is 5.91 Å². The van der Waals surface area contributed by atoms with Crippen LogP contribution in [0, 0.1) is 28.6 Å². The van der Waals surface area contributed by atoms with E-state index in [1.807, 2.05) is 18.7 Å². The van der Waals surface area contributed by atoms with E-state index in [1.54, 1.807) is 0 Å². The van der Waals surface area contributed by atoms with E-state index >= 15 is 0 Å². The summed E-state index contributed by atoms with van der Waals surface area (Å²) in [5.74, 6) is 1.14. The van der Waals surface area contributed by atoms with Crippen LogP contribution in [0.2, 0.25) is 0 Å². The summed E-state index contributed by atoms with van der Waals surface area (Å²) in [5, 5.41) is 9.31. The molecule has 0 N–H and O–H groups in total. The van der Waals surface area contributed by atoms with Crippen LogP contribution in [0.5, 0.6) is 0 Å². The third-order valence-electron chi connectivity index (χ3n) is 3.99. The lowest BCUT2D eigenvalue weighted by Gasteiger charge is -2.38. The predicted molar refractivity (Wildman–Crippen MR) is 68.2 cm³/mol. The molecule has 0 radical (unpaired) electrons. The Labute approximate surface area is 105 Å². The average molecular weight is 236 g/mol. The lowest BCUT2D eigenvalue weighted by atomic mass is 9.81. The second-order valence-corrected chi connectivity index (χ2v) is 5.56. The highest BCUT2D eigenvalue weighted by Gasteiger charge is 2.40. The van der Waals surface area contributed by atoms with E-state index in [9.17, 15) is 10.1 Å². The van der Waals surface area contributed by atoms with Gasteiger partial charge in [-0.15, -0.1) is 0 Å². The SMILES string of the molecule is CCC(C#N)(CC)C(=O)N1CC(C)CC(C)C1. The number of carbonyl (C=O) groups is 1. The minimum absolute atomic E-state index is 0.0448. The quantitative estimate of drug-likeness (QED) is 0.756. The molecule has 0 spiro atoms. The molecule has 1 saturated heterocycles. The van der Waals surface area contributed by atoms with Gasteiger partial charge in [0.1, 0.15) is 5.41 Å². The van der Waals surface area contributed by atoms with Gasteiger partial charge in [0.15, 0.2) is 0 Å². The van der Waals surface area contributed by atoms with Crippen molar-refractivity contribution in [2.75, 3.05) is 13.1 Å². The van der Waals surface area contributed by atoms with Crippen molar-refractivity contribution in [3.05, 3.63) is 0 Å². The summed E-state index contributed by atoms with van der Waals surface area (Å²) in [4.78, 5) is 14.4. The fourth-order valence-electron chi connectivity index (χ4n) is 2.89. The Balaban J connectivity index is 2.85. The molecule has 3 nitrogen and oxygen atoms in total. The molecule has 1 amide bonds. The Morgan fingerprint density at radius 3 is 2.12 bits per heavy atom. The number of likely N-dealkylation sites (tertiary alicyclic amines) is 1. The molecular weight excluding hydrogens is 212 g/mol. The molecule has 17 heavy (non-hydrogen) atoms. The Bertz CT molecular complexity index is 305. The zero-order valence-corrected chi connectivity index (χ0v) is 11.5. The van der Waals surface area contributed by atoms with Gasteiger partial charge in [0, 0.05) is 13.1 Å². The Morgan fingerprint density at radius 1 is 1.29 bits per heavy atom. The van der Waals surface area contributed by atoms with E-state index in [-0.39, 0.29) is 5.91 Å². The number of hydrogen-bond donors (Lipinski definition) is 0. The first kappa shape index (κ1) is 14.0. The highest BCUT2D eigenvalue weighted by Crippen LogP contribution is 2.31. The largest absolute Gasteiger partial charge is 0.341 e. The van der Waals surface area contributed by atoms with Gasteiger partial charge in [-0.2, -0.15) is 5.26 Å². The van der Waals surface area contributed by atoms with Crippen LogP contribution in [0.3, 0.4) is 0 Å². The number of carbonyl (C=O) groups excluding carboxylic acids is 1. The van der Waals surface area contributed by atoms with E-state index in [1.165, 1.54) is 6.42 Å². The summed E-state index contributed by atoms with van der Waals surface area (Å²) in [6.45, 7) is 9.85. The maximum atomic E-state index is 12.5. The van der Waals surface area contributed by atoms with Crippen molar-refractivity contribution < 1.29 is 4.79 Å². The van der Waals surface area contributed by atoms with Crippen LogP contribution in [0.1, 0.15) is 47.0 Å². The van der Waals surface area contributed by atoms with Gasteiger partial charge in [-0.05, 0) is 31.1 Å². The van der Waals surface area contributed by atoms with Crippen molar-refractivity contribution in [2.45, 2.75) is 47.0 Å². The Kier molecular flexibility index (Phi) is 4.56. The lowest BCUT2D eigenvalue weighted by molar-refractivity contribution is -0.142. The number of hydrogen-bond acceptors (Lipinski definition) is 2. The van der Waals surface area contributed by atoms with Gasteiger partial charge in [0.25, 0.3) is 0 Å². The van der Waals surface area contributed by atoms with Crippen LogP contribution in [0.4, 0.5) is 0 Å². The normalized spacial score (nSPS) is 25.5. The molecule has 2 unspecified atom stereocenters. The van der Waals surface area contributed by atoms with Crippen molar-refractivity contribution in [2.24, 2.45) is 17.3 Å². The molecule has 0 saturated carbocycles. The van der Waals surface area contributed by atoms with Crippen LogP contribution in [-0.4, -0.2) is 23.9 Å². The molecule has 1 fully saturated rings. The van der Waals surface area contributed by atoms with Crippen LogP contribution in [0.25, 0.3) is 0 Å². The smallest absolute Gasteiger partial charge is 0.243 e. The summed E-state index contributed by atoms with van der Waals surface area (Å²) in [6, 6.07) is 2.25. The lowest BCUT2D eigenvalue weighted by Crippen LogP contribution is -2.49. The van der Waals surface area contributed by atoms with Gasteiger partial charge in [-0.1, -0.05) is 27.7 Å². The van der Waals surface area contributed by atoms with Crippen molar-refractivity contribution in [3.8, 4) is 6.07 Å². The zero-order chi connectivity index (χ0) is 13.1. The van der Waals surface area contributed by atoms with E-state index < -0.39 is 5.41 Å². The molecular formula is C14H24N2O. The molecule has 1 rings (SSSR count). The Hall–Kier alpha value is -1.04. The van der Waals surface area contributed by atoms with Gasteiger partial charge >= 0.3 is 0 Å². The minimum atomic E-state index is -0.795. The molecule has 0 aromatic rings. The molecule has 96 valence electrons. The van der Waals surface area contributed by atoms with Gasteiger partial charge < -0.3 is 4.90 Å². The number of amides is 1. The molecule has 0 aromatic carbocycles. The minimum Gasteiger partial charge on any atom is -0.341 e. The van der Waals surface area contributed by atoms with Crippen LogP contribution >= 0.6 is 0 Å². The molecule has 1 aliphatic heterocycles. The highest BCUT2D eigenvalue weighted by atomic mass is 16.2. The molecule has 0 bridgehead atoms. The van der Waals surface area contributed by atoms with Crippen molar-refractivity contribution in [1.82, 2.24) is 4.90 Å². The van der Waals surface area contributed by atoms with E-state index in [0.29, 0.717) is 24.7 Å².